The summed E-state index contributed by atoms with van der Waals surface area (Å²) < 4.78 is 0.958. The summed E-state index contributed by atoms with van der Waals surface area (Å²) in [5, 5.41) is 0. The summed E-state index contributed by atoms with van der Waals surface area (Å²) in [5.74, 6) is 5.39. The monoisotopic (exact) mass is 272 g/mol. The first-order chi connectivity index (χ1) is 7.75. The molecule has 0 aromatic heterocycles. The molecule has 0 amide bonds. The number of hydrogen-bond acceptors (Lipinski definition) is 1. The third kappa shape index (κ3) is 2.71. The van der Waals surface area contributed by atoms with Crippen LogP contribution in [-0.4, -0.2) is 5.78 Å². The van der Waals surface area contributed by atoms with E-state index in [1.807, 2.05) is 30.4 Å². The molecule has 0 aliphatic heterocycles. The Bertz CT molecular complexity index is 524. The number of benzene rings is 1. The highest BCUT2D eigenvalue weighted by atomic mass is 79.9. The van der Waals surface area contributed by atoms with Crippen molar-refractivity contribution in [1.82, 2.24) is 0 Å². The number of ketones is 1. The van der Waals surface area contributed by atoms with E-state index >= 15 is 0 Å². The SMILES string of the molecule is O=C(C#CC1=CC=CC1)c1ccc(Br)cc1. The molecule has 0 unspecified atom stereocenters. The fourth-order valence-corrected chi connectivity index (χ4v) is 1.61. The van der Waals surface area contributed by atoms with Gasteiger partial charge in [0.15, 0.2) is 0 Å². The smallest absolute Gasteiger partial charge is 0.236 e. The highest BCUT2D eigenvalue weighted by molar-refractivity contribution is 9.10. The number of carbonyl (C=O) groups excluding carboxylic acids is 1. The molecule has 0 saturated carbocycles. The van der Waals surface area contributed by atoms with Gasteiger partial charge in [0, 0.05) is 15.6 Å². The van der Waals surface area contributed by atoms with Crippen LogP contribution >= 0.6 is 15.9 Å². The molecule has 0 N–H and O–H groups in total. The van der Waals surface area contributed by atoms with E-state index in [1.165, 1.54) is 0 Å². The van der Waals surface area contributed by atoms with Gasteiger partial charge in [0.25, 0.3) is 0 Å². The number of Topliss-reactive ketones (excluding diaryl/α,β-unsaturated/α-hetero) is 1. The predicted octanol–water partition coefficient (Wildman–Crippen LogP) is 3.52. The maximum atomic E-state index is 11.7. The predicted molar refractivity (Wildman–Crippen MR) is 68.1 cm³/mol. The molecule has 1 aliphatic rings. The number of halogens is 1. The zero-order chi connectivity index (χ0) is 11.4. The standard InChI is InChI=1S/C14H9BrO/c15-13-8-6-12(7-9-13)14(16)10-5-11-3-1-2-4-11/h1-3,6-9H,4H2. The molecule has 0 bridgehead atoms. The van der Waals surface area contributed by atoms with Crippen molar-refractivity contribution < 1.29 is 4.79 Å². The van der Waals surface area contributed by atoms with E-state index in [4.69, 9.17) is 0 Å². The third-order valence-electron chi connectivity index (χ3n) is 2.21. The molecule has 1 aromatic rings. The fourth-order valence-electron chi connectivity index (χ4n) is 1.35. The van der Waals surface area contributed by atoms with Gasteiger partial charge in [0.2, 0.25) is 5.78 Å². The van der Waals surface area contributed by atoms with Crippen LogP contribution in [-0.2, 0) is 0 Å². The van der Waals surface area contributed by atoms with Crippen LogP contribution in [0.5, 0.6) is 0 Å². The normalized spacial score (nSPS) is 12.9. The Hall–Kier alpha value is -1.59. The van der Waals surface area contributed by atoms with Crippen molar-refractivity contribution in [3.8, 4) is 11.8 Å². The van der Waals surface area contributed by atoms with Crippen LogP contribution < -0.4 is 0 Å². The van der Waals surface area contributed by atoms with Crippen molar-refractivity contribution in [3.63, 3.8) is 0 Å². The summed E-state index contributed by atoms with van der Waals surface area (Å²) in [7, 11) is 0. The van der Waals surface area contributed by atoms with Crippen LogP contribution in [0.4, 0.5) is 0 Å². The summed E-state index contributed by atoms with van der Waals surface area (Å²) in [6.45, 7) is 0. The lowest BCUT2D eigenvalue weighted by Crippen LogP contribution is -1.94. The van der Waals surface area contributed by atoms with Gasteiger partial charge in [-0.3, -0.25) is 4.79 Å². The number of hydrogen-bond donors (Lipinski definition) is 0. The van der Waals surface area contributed by atoms with Gasteiger partial charge in [-0.2, -0.15) is 0 Å². The molecule has 0 radical (unpaired) electrons. The molecular weight excluding hydrogens is 264 g/mol. The van der Waals surface area contributed by atoms with Gasteiger partial charge >= 0.3 is 0 Å². The summed E-state index contributed by atoms with van der Waals surface area (Å²) in [5.41, 5.74) is 1.62. The van der Waals surface area contributed by atoms with Gasteiger partial charge in [-0.15, -0.1) is 0 Å². The highest BCUT2D eigenvalue weighted by Gasteiger charge is 2.01. The van der Waals surface area contributed by atoms with Gasteiger partial charge in [-0.05, 0) is 36.6 Å². The molecule has 0 saturated heterocycles. The highest BCUT2D eigenvalue weighted by Crippen LogP contribution is 2.11. The van der Waals surface area contributed by atoms with E-state index < -0.39 is 0 Å². The van der Waals surface area contributed by atoms with E-state index in [2.05, 4.69) is 27.8 Å². The molecule has 1 aromatic carbocycles. The fraction of sp³-hybridized carbons (Fsp3) is 0.0714. The van der Waals surface area contributed by atoms with Crippen LogP contribution in [0.3, 0.4) is 0 Å². The molecule has 78 valence electrons. The van der Waals surface area contributed by atoms with Gasteiger partial charge in [0.05, 0.1) is 0 Å². The van der Waals surface area contributed by atoms with Crippen LogP contribution in [0, 0.1) is 11.8 Å². The minimum Gasteiger partial charge on any atom is -0.279 e. The molecule has 1 aliphatic carbocycles. The Morgan fingerprint density at radius 3 is 2.62 bits per heavy atom. The Kier molecular flexibility index (Phi) is 3.38. The molecular formula is C14H9BrO. The average Bonchev–Trinajstić information content (AvgIpc) is 2.80. The van der Waals surface area contributed by atoms with Gasteiger partial charge in [-0.25, -0.2) is 0 Å². The lowest BCUT2D eigenvalue weighted by Gasteiger charge is -1.93. The molecule has 0 spiro atoms. The van der Waals surface area contributed by atoms with E-state index in [0.29, 0.717) is 5.56 Å². The first kappa shape index (κ1) is 10.9. The van der Waals surface area contributed by atoms with Crippen molar-refractivity contribution in [3.05, 3.63) is 58.1 Å². The zero-order valence-corrected chi connectivity index (χ0v) is 10.1. The average molecular weight is 273 g/mol. The van der Waals surface area contributed by atoms with Crippen molar-refractivity contribution in [2.75, 3.05) is 0 Å². The Labute approximate surface area is 103 Å². The van der Waals surface area contributed by atoms with E-state index in [-0.39, 0.29) is 5.78 Å². The van der Waals surface area contributed by atoms with Crippen LogP contribution in [0.25, 0.3) is 0 Å². The third-order valence-corrected chi connectivity index (χ3v) is 2.74. The minimum atomic E-state index is -0.139. The number of rotatable bonds is 1. The molecule has 2 rings (SSSR count). The van der Waals surface area contributed by atoms with Crippen molar-refractivity contribution in [1.29, 1.82) is 0 Å². The van der Waals surface area contributed by atoms with Gasteiger partial charge in [0.1, 0.15) is 0 Å². The molecule has 0 heterocycles. The Morgan fingerprint density at radius 2 is 2.00 bits per heavy atom. The first-order valence-corrected chi connectivity index (χ1v) is 5.72. The molecule has 16 heavy (non-hydrogen) atoms. The summed E-state index contributed by atoms with van der Waals surface area (Å²) in [4.78, 5) is 11.7. The topological polar surface area (TPSA) is 17.1 Å². The second kappa shape index (κ2) is 4.96. The maximum absolute atomic E-state index is 11.7. The molecule has 2 heteroatoms. The van der Waals surface area contributed by atoms with Crippen molar-refractivity contribution in [2.45, 2.75) is 6.42 Å². The summed E-state index contributed by atoms with van der Waals surface area (Å²) in [6.07, 6.45) is 6.74. The zero-order valence-electron chi connectivity index (χ0n) is 8.53. The second-order valence-electron chi connectivity index (χ2n) is 3.41. The van der Waals surface area contributed by atoms with Crippen molar-refractivity contribution in [2.24, 2.45) is 0 Å². The second-order valence-corrected chi connectivity index (χ2v) is 4.33. The Balaban J connectivity index is 2.11. The lowest BCUT2D eigenvalue weighted by molar-refractivity contribution is 0.105. The van der Waals surface area contributed by atoms with Crippen LogP contribution in [0.1, 0.15) is 16.8 Å². The van der Waals surface area contributed by atoms with Crippen molar-refractivity contribution >= 4 is 21.7 Å². The van der Waals surface area contributed by atoms with Gasteiger partial charge < -0.3 is 0 Å². The lowest BCUT2D eigenvalue weighted by atomic mass is 10.1. The first-order valence-electron chi connectivity index (χ1n) is 4.93. The molecule has 0 atom stereocenters. The minimum absolute atomic E-state index is 0.139. The Morgan fingerprint density at radius 1 is 1.25 bits per heavy atom. The number of carbonyl (C=O) groups is 1. The summed E-state index contributed by atoms with van der Waals surface area (Å²) in [6, 6.07) is 7.21. The maximum Gasteiger partial charge on any atom is 0.236 e. The van der Waals surface area contributed by atoms with Crippen LogP contribution in [0.15, 0.2) is 52.5 Å². The quantitative estimate of drug-likeness (QED) is 0.434. The van der Waals surface area contributed by atoms with E-state index in [1.54, 1.807) is 12.1 Å². The van der Waals surface area contributed by atoms with Crippen LogP contribution in [0.2, 0.25) is 0 Å². The van der Waals surface area contributed by atoms with E-state index in [9.17, 15) is 4.79 Å². The molecule has 0 fully saturated rings. The number of allylic oxidation sites excluding steroid dienone is 4. The molecule has 1 nitrogen and oxygen atoms in total. The summed E-state index contributed by atoms with van der Waals surface area (Å²) >= 11 is 3.32. The van der Waals surface area contributed by atoms with E-state index in [0.717, 1.165) is 16.5 Å². The largest absolute Gasteiger partial charge is 0.279 e. The van der Waals surface area contributed by atoms with Gasteiger partial charge in [-0.1, -0.05) is 40.1 Å².